The third kappa shape index (κ3) is 6.63. The Morgan fingerprint density at radius 1 is 0.333 bits per heavy atom. The second-order valence-corrected chi connectivity index (χ2v) is 19.5. The lowest BCUT2D eigenvalue weighted by Gasteiger charge is -2.35. The predicted molar refractivity (Wildman–Crippen MR) is 309 cm³/mol. The summed E-state index contributed by atoms with van der Waals surface area (Å²) in [6.45, 7) is 0. The number of ether oxygens (including phenoxy) is 1. The summed E-state index contributed by atoms with van der Waals surface area (Å²) < 4.78 is 13.8. The van der Waals surface area contributed by atoms with Crippen LogP contribution in [-0.4, -0.2) is 0 Å². The molecule has 0 fully saturated rings. The lowest BCUT2D eigenvalue weighted by atomic mass is 9.67. The predicted octanol–water partition coefficient (Wildman–Crippen LogP) is 19.5. The van der Waals surface area contributed by atoms with Crippen LogP contribution in [0.3, 0.4) is 0 Å². The van der Waals surface area contributed by atoms with Crippen molar-refractivity contribution in [3.8, 4) is 44.9 Å². The first-order valence-electron chi connectivity index (χ1n) is 25.7. The van der Waals surface area contributed by atoms with E-state index in [1.54, 1.807) is 0 Å². The molecule has 0 unspecified atom stereocenters. The smallest absolute Gasteiger partial charge is 0.143 e. The van der Waals surface area contributed by atoms with Gasteiger partial charge in [-0.1, -0.05) is 200 Å². The third-order valence-corrected chi connectivity index (χ3v) is 15.5. The zero-order valence-electron chi connectivity index (χ0n) is 40.8. The van der Waals surface area contributed by atoms with Crippen molar-refractivity contribution >= 4 is 66.8 Å². The van der Waals surface area contributed by atoms with Gasteiger partial charge in [0.2, 0.25) is 0 Å². The maximum Gasteiger partial charge on any atom is 0.143 e. The molecule has 12 aromatic carbocycles. The average Bonchev–Trinajstić information content (AvgIpc) is 4.17. The minimum atomic E-state index is -0.576. The van der Waals surface area contributed by atoms with E-state index in [0.717, 1.165) is 101 Å². The zero-order chi connectivity index (χ0) is 49.5. The van der Waals surface area contributed by atoms with E-state index in [9.17, 15) is 0 Å². The van der Waals surface area contributed by atoms with Crippen molar-refractivity contribution in [2.75, 3.05) is 9.80 Å². The summed E-state index contributed by atoms with van der Waals surface area (Å²) in [6.07, 6.45) is 0. The quantitative estimate of drug-likeness (QED) is 0.144. The second-order valence-electron chi connectivity index (χ2n) is 19.5. The fourth-order valence-electron chi connectivity index (χ4n) is 12.3. The molecule has 1 aromatic heterocycles. The van der Waals surface area contributed by atoms with Crippen molar-refractivity contribution in [2.45, 2.75) is 5.41 Å². The first kappa shape index (κ1) is 42.8. The van der Waals surface area contributed by atoms with Crippen molar-refractivity contribution in [3.05, 3.63) is 301 Å². The minimum Gasteiger partial charge on any atom is -0.456 e. The van der Waals surface area contributed by atoms with Gasteiger partial charge >= 0.3 is 0 Å². The molecule has 0 bridgehead atoms. The molecule has 352 valence electrons. The van der Waals surface area contributed by atoms with Gasteiger partial charge in [0.15, 0.2) is 0 Å². The lowest BCUT2D eigenvalue weighted by Crippen LogP contribution is -2.28. The van der Waals surface area contributed by atoms with Gasteiger partial charge < -0.3 is 19.0 Å². The van der Waals surface area contributed by atoms with Crippen LogP contribution in [-0.2, 0) is 5.41 Å². The van der Waals surface area contributed by atoms with Gasteiger partial charge in [0, 0.05) is 56.1 Å². The summed E-state index contributed by atoms with van der Waals surface area (Å²) in [5, 5.41) is 4.39. The topological polar surface area (TPSA) is 28.9 Å². The number of hydrogen-bond donors (Lipinski definition) is 0. The van der Waals surface area contributed by atoms with Crippen LogP contribution < -0.4 is 14.5 Å². The Bertz CT molecular complexity index is 4240. The van der Waals surface area contributed by atoms with Gasteiger partial charge in [-0.25, -0.2) is 0 Å². The fraction of sp³-hybridized carbons (Fsp3) is 0.0141. The molecule has 0 N–H and O–H groups in total. The van der Waals surface area contributed by atoms with Gasteiger partial charge in [-0.3, -0.25) is 0 Å². The van der Waals surface area contributed by atoms with Crippen LogP contribution in [0.25, 0.3) is 66.1 Å². The lowest BCUT2D eigenvalue weighted by molar-refractivity contribution is 0.487. The van der Waals surface area contributed by atoms with Crippen LogP contribution in [0.4, 0.5) is 34.1 Å². The summed E-state index contributed by atoms with van der Waals surface area (Å²) in [6, 6.07) is 101. The first-order chi connectivity index (χ1) is 37.2. The number of hydrogen-bond acceptors (Lipinski definition) is 4. The zero-order valence-corrected chi connectivity index (χ0v) is 40.8. The fourth-order valence-corrected chi connectivity index (χ4v) is 12.3. The van der Waals surface area contributed by atoms with Gasteiger partial charge in [0.1, 0.15) is 22.7 Å². The highest BCUT2D eigenvalue weighted by Crippen LogP contribution is 2.58. The molecule has 0 saturated carbocycles. The van der Waals surface area contributed by atoms with Crippen LogP contribution in [0.15, 0.2) is 283 Å². The molecule has 0 radical (unpaired) electrons. The average molecular weight is 959 g/mol. The summed E-state index contributed by atoms with van der Waals surface area (Å²) in [7, 11) is 0. The number of furan rings is 1. The number of para-hydroxylation sites is 4. The largest absolute Gasteiger partial charge is 0.456 e. The van der Waals surface area contributed by atoms with Crippen LogP contribution in [0, 0.1) is 0 Å². The Kier molecular flexibility index (Phi) is 9.76. The van der Waals surface area contributed by atoms with Crippen molar-refractivity contribution in [3.63, 3.8) is 0 Å². The Labute approximate surface area is 435 Å². The minimum absolute atomic E-state index is 0.576. The van der Waals surface area contributed by atoms with Gasteiger partial charge in [-0.05, 0) is 123 Å². The maximum atomic E-state index is 7.22. The van der Waals surface area contributed by atoms with E-state index in [1.807, 2.05) is 12.1 Å². The van der Waals surface area contributed by atoms with Gasteiger partial charge in [-0.15, -0.1) is 0 Å². The molecule has 0 amide bonds. The van der Waals surface area contributed by atoms with E-state index in [-0.39, 0.29) is 0 Å². The van der Waals surface area contributed by atoms with E-state index in [1.165, 1.54) is 33.4 Å². The molecule has 13 aromatic rings. The molecule has 0 spiro atoms. The Morgan fingerprint density at radius 3 is 1.65 bits per heavy atom. The normalized spacial score (nSPS) is 12.7. The summed E-state index contributed by atoms with van der Waals surface area (Å²) in [5.74, 6) is 1.62. The van der Waals surface area contributed by atoms with E-state index in [4.69, 9.17) is 9.15 Å². The molecule has 2 heterocycles. The molecule has 75 heavy (non-hydrogen) atoms. The number of benzene rings is 12. The van der Waals surface area contributed by atoms with Crippen molar-refractivity contribution in [2.24, 2.45) is 0 Å². The SMILES string of the molecule is c1ccc(N(c2ccccc2)c2cccc3c2-c2cccc4cc(N(c5ccc(-c6cccc7c6oc6ccccc67)cc5)c5ccc6c(c5)C(c5ccccc5)(c5ccccc5)c5ccccc5-6)cc(c24)O3)cc1. The molecule has 4 heteroatoms. The summed E-state index contributed by atoms with van der Waals surface area (Å²) in [5.41, 5.74) is 19.2. The third-order valence-electron chi connectivity index (χ3n) is 15.5. The number of fused-ring (bicyclic) bond motifs is 8. The van der Waals surface area contributed by atoms with Gasteiger partial charge in [-0.2, -0.15) is 0 Å². The Hall–Kier alpha value is -9.90. The molecule has 0 atom stereocenters. The van der Waals surface area contributed by atoms with Gasteiger partial charge in [0.05, 0.1) is 16.8 Å². The van der Waals surface area contributed by atoms with E-state index in [2.05, 4.69) is 277 Å². The first-order valence-corrected chi connectivity index (χ1v) is 25.7. The van der Waals surface area contributed by atoms with Crippen molar-refractivity contribution in [1.82, 2.24) is 0 Å². The Morgan fingerprint density at radius 2 is 0.907 bits per heavy atom. The van der Waals surface area contributed by atoms with Crippen LogP contribution in [0.2, 0.25) is 0 Å². The molecule has 1 aliphatic heterocycles. The number of rotatable bonds is 9. The maximum absolute atomic E-state index is 7.22. The molecule has 0 saturated heterocycles. The number of anilines is 6. The van der Waals surface area contributed by atoms with Crippen LogP contribution >= 0.6 is 0 Å². The highest BCUT2D eigenvalue weighted by atomic mass is 16.5. The summed E-state index contributed by atoms with van der Waals surface area (Å²) in [4.78, 5) is 4.73. The monoisotopic (exact) mass is 958 g/mol. The Balaban J connectivity index is 0.939. The molecular weight excluding hydrogens is 913 g/mol. The van der Waals surface area contributed by atoms with Crippen LogP contribution in [0.1, 0.15) is 22.3 Å². The second kappa shape index (κ2) is 17.1. The van der Waals surface area contributed by atoms with Gasteiger partial charge in [0.25, 0.3) is 0 Å². The number of nitrogens with zero attached hydrogens (tertiary/aromatic N) is 2. The highest BCUT2D eigenvalue weighted by Gasteiger charge is 2.46. The highest BCUT2D eigenvalue weighted by molar-refractivity contribution is 6.11. The molecule has 4 nitrogen and oxygen atoms in total. The van der Waals surface area contributed by atoms with Crippen molar-refractivity contribution < 1.29 is 9.15 Å². The van der Waals surface area contributed by atoms with E-state index < -0.39 is 5.41 Å². The van der Waals surface area contributed by atoms with Crippen LogP contribution in [0.5, 0.6) is 11.5 Å². The molecule has 15 rings (SSSR count). The standard InChI is InChI=1S/C71H46N2O2/c1-5-21-49(22-6-1)71(50-23-7-2-8-24-50)62-34-15-13-29-57(62)58-43-42-54(45-63(58)71)72(53-40-38-47(39-41-53)56-31-18-32-60-59-30-14-16-36-65(59)75-70(56)60)55-44-48-20-17-33-61-68(48)67(46-55)74-66-37-19-35-64(69(61)66)73(51-25-9-3-10-26-51)52-27-11-4-12-28-52/h1-46H. The van der Waals surface area contributed by atoms with Crippen molar-refractivity contribution in [1.29, 1.82) is 0 Å². The van der Waals surface area contributed by atoms with E-state index in [0.29, 0.717) is 0 Å². The molecular formula is C71H46N2O2. The molecule has 1 aliphatic carbocycles. The summed E-state index contributed by atoms with van der Waals surface area (Å²) >= 11 is 0. The molecule has 2 aliphatic rings. The van der Waals surface area contributed by atoms with E-state index >= 15 is 0 Å².